The Bertz CT molecular complexity index is 281. The summed E-state index contributed by atoms with van der Waals surface area (Å²) in [6, 6.07) is 0.137. The van der Waals surface area contributed by atoms with Crippen molar-refractivity contribution in [1.29, 1.82) is 0 Å². The van der Waals surface area contributed by atoms with Crippen molar-refractivity contribution in [2.24, 2.45) is 11.7 Å². The first-order valence-electron chi connectivity index (χ1n) is 6.92. The highest BCUT2D eigenvalue weighted by molar-refractivity contribution is 5.84. The molecule has 5 nitrogen and oxygen atoms in total. The number of rotatable bonds is 6. The van der Waals surface area contributed by atoms with Gasteiger partial charge in [0.05, 0.1) is 6.54 Å². The smallest absolute Gasteiger partial charge is 0.239 e. The Labute approximate surface area is 109 Å². The third-order valence-corrected chi connectivity index (χ3v) is 3.43. The van der Waals surface area contributed by atoms with E-state index in [2.05, 4.69) is 10.6 Å². The van der Waals surface area contributed by atoms with Gasteiger partial charge in [-0.05, 0) is 25.2 Å². The first-order chi connectivity index (χ1) is 8.63. The van der Waals surface area contributed by atoms with E-state index in [1.54, 1.807) is 0 Å². The van der Waals surface area contributed by atoms with Crippen LogP contribution in [0.2, 0.25) is 0 Å². The highest BCUT2D eigenvalue weighted by Crippen LogP contribution is 2.25. The number of nitrogens with two attached hydrogens (primary N) is 1. The summed E-state index contributed by atoms with van der Waals surface area (Å²) in [5.41, 5.74) is 5.99. The van der Waals surface area contributed by atoms with Crippen LogP contribution in [0.3, 0.4) is 0 Å². The molecule has 0 aliphatic heterocycles. The minimum atomic E-state index is -0.127. The zero-order valence-electron chi connectivity index (χ0n) is 11.2. The van der Waals surface area contributed by atoms with E-state index < -0.39 is 0 Å². The monoisotopic (exact) mass is 255 g/mol. The molecule has 1 aliphatic carbocycles. The standard InChI is InChI=1S/C13H25N3O2/c1-2-7-15-13(18)9-16-12(17)8-10-5-3-4-6-11(10)14/h10-11H,2-9,14H2,1H3,(H,15,18)(H,16,17). The SMILES string of the molecule is CCCNC(=O)CNC(=O)CC1CCCCC1N. The van der Waals surface area contributed by atoms with E-state index in [-0.39, 0.29) is 30.3 Å². The molecule has 1 fully saturated rings. The van der Waals surface area contributed by atoms with Gasteiger partial charge in [-0.1, -0.05) is 19.8 Å². The van der Waals surface area contributed by atoms with Crippen LogP contribution < -0.4 is 16.4 Å². The Kier molecular flexibility index (Phi) is 6.72. The number of hydrogen-bond acceptors (Lipinski definition) is 3. The fourth-order valence-electron chi connectivity index (χ4n) is 2.31. The molecule has 0 aromatic heterocycles. The van der Waals surface area contributed by atoms with Crippen molar-refractivity contribution in [2.45, 2.75) is 51.5 Å². The molecule has 0 heterocycles. The van der Waals surface area contributed by atoms with E-state index in [1.807, 2.05) is 6.92 Å². The summed E-state index contributed by atoms with van der Waals surface area (Å²) in [5.74, 6) is 0.0830. The van der Waals surface area contributed by atoms with Crippen molar-refractivity contribution in [3.05, 3.63) is 0 Å². The lowest BCUT2D eigenvalue weighted by molar-refractivity contribution is -0.126. The maximum Gasteiger partial charge on any atom is 0.239 e. The zero-order chi connectivity index (χ0) is 13.4. The van der Waals surface area contributed by atoms with Crippen molar-refractivity contribution < 1.29 is 9.59 Å². The largest absolute Gasteiger partial charge is 0.355 e. The lowest BCUT2D eigenvalue weighted by Gasteiger charge is -2.27. The lowest BCUT2D eigenvalue weighted by Crippen LogP contribution is -2.40. The second-order valence-corrected chi connectivity index (χ2v) is 5.04. The summed E-state index contributed by atoms with van der Waals surface area (Å²) in [4.78, 5) is 23.0. The summed E-state index contributed by atoms with van der Waals surface area (Å²) in [6.45, 7) is 2.71. The minimum Gasteiger partial charge on any atom is -0.355 e. The fraction of sp³-hybridized carbons (Fsp3) is 0.846. The number of nitrogens with one attached hydrogen (secondary N) is 2. The summed E-state index contributed by atoms with van der Waals surface area (Å²) >= 11 is 0. The molecule has 1 rings (SSSR count). The van der Waals surface area contributed by atoms with Gasteiger partial charge in [0.15, 0.2) is 0 Å². The van der Waals surface area contributed by atoms with Crippen molar-refractivity contribution in [3.63, 3.8) is 0 Å². The van der Waals surface area contributed by atoms with E-state index in [0.29, 0.717) is 13.0 Å². The van der Waals surface area contributed by atoms with Crippen LogP contribution in [0.4, 0.5) is 0 Å². The predicted octanol–water partition coefficient (Wildman–Crippen LogP) is 0.536. The van der Waals surface area contributed by atoms with Gasteiger partial charge in [0.2, 0.25) is 11.8 Å². The van der Waals surface area contributed by atoms with E-state index in [9.17, 15) is 9.59 Å². The molecule has 2 atom stereocenters. The van der Waals surface area contributed by atoms with Gasteiger partial charge in [0.1, 0.15) is 0 Å². The Morgan fingerprint density at radius 2 is 1.89 bits per heavy atom. The molecule has 18 heavy (non-hydrogen) atoms. The molecule has 2 amide bonds. The molecule has 104 valence electrons. The van der Waals surface area contributed by atoms with Crippen LogP contribution in [0, 0.1) is 5.92 Å². The van der Waals surface area contributed by atoms with Crippen LogP contribution in [0.5, 0.6) is 0 Å². The minimum absolute atomic E-state index is 0.0657. The van der Waals surface area contributed by atoms with Crippen LogP contribution in [-0.4, -0.2) is 30.9 Å². The van der Waals surface area contributed by atoms with Gasteiger partial charge in [0, 0.05) is 19.0 Å². The molecule has 2 unspecified atom stereocenters. The molecule has 0 aromatic rings. The number of carbonyl (C=O) groups is 2. The van der Waals surface area contributed by atoms with Gasteiger partial charge in [-0.2, -0.15) is 0 Å². The van der Waals surface area contributed by atoms with Gasteiger partial charge < -0.3 is 16.4 Å². The third-order valence-electron chi connectivity index (χ3n) is 3.43. The summed E-state index contributed by atoms with van der Waals surface area (Å²) in [7, 11) is 0. The summed E-state index contributed by atoms with van der Waals surface area (Å²) < 4.78 is 0. The van der Waals surface area contributed by atoms with Gasteiger partial charge in [-0.3, -0.25) is 9.59 Å². The molecular weight excluding hydrogens is 230 g/mol. The van der Waals surface area contributed by atoms with Crippen molar-refractivity contribution in [2.75, 3.05) is 13.1 Å². The molecule has 1 saturated carbocycles. The lowest BCUT2D eigenvalue weighted by atomic mass is 9.83. The summed E-state index contributed by atoms with van der Waals surface area (Å²) in [6.07, 6.45) is 5.70. The molecule has 1 aliphatic rings. The van der Waals surface area contributed by atoms with Crippen molar-refractivity contribution >= 4 is 11.8 Å². The van der Waals surface area contributed by atoms with E-state index in [4.69, 9.17) is 5.73 Å². The third kappa shape index (κ3) is 5.49. The molecule has 0 radical (unpaired) electrons. The van der Waals surface area contributed by atoms with Crippen molar-refractivity contribution in [1.82, 2.24) is 10.6 Å². The molecule has 0 spiro atoms. The first kappa shape index (κ1) is 15.0. The Balaban J connectivity index is 2.18. The van der Waals surface area contributed by atoms with E-state index >= 15 is 0 Å². The predicted molar refractivity (Wildman–Crippen MR) is 70.9 cm³/mol. The summed E-state index contributed by atoms with van der Waals surface area (Å²) in [5, 5.41) is 5.37. The second-order valence-electron chi connectivity index (χ2n) is 5.04. The van der Waals surface area contributed by atoms with Crippen LogP contribution in [0.1, 0.15) is 45.4 Å². The van der Waals surface area contributed by atoms with Gasteiger partial charge in [0.25, 0.3) is 0 Å². The van der Waals surface area contributed by atoms with Gasteiger partial charge in [-0.25, -0.2) is 0 Å². The van der Waals surface area contributed by atoms with Crippen LogP contribution in [0.25, 0.3) is 0 Å². The highest BCUT2D eigenvalue weighted by Gasteiger charge is 2.24. The molecule has 0 aromatic carbocycles. The maximum atomic E-state index is 11.7. The molecule has 0 saturated heterocycles. The first-order valence-corrected chi connectivity index (χ1v) is 6.92. The van der Waals surface area contributed by atoms with Gasteiger partial charge >= 0.3 is 0 Å². The molecular formula is C13H25N3O2. The molecule has 4 N–H and O–H groups in total. The second kappa shape index (κ2) is 8.08. The average Bonchev–Trinajstić information content (AvgIpc) is 2.36. The zero-order valence-corrected chi connectivity index (χ0v) is 11.2. The Hall–Kier alpha value is -1.10. The Morgan fingerprint density at radius 1 is 1.17 bits per heavy atom. The maximum absolute atomic E-state index is 11.7. The average molecular weight is 255 g/mol. The van der Waals surface area contributed by atoms with Crippen LogP contribution in [0.15, 0.2) is 0 Å². The number of amides is 2. The van der Waals surface area contributed by atoms with Crippen molar-refractivity contribution in [3.8, 4) is 0 Å². The van der Waals surface area contributed by atoms with Crippen LogP contribution in [-0.2, 0) is 9.59 Å². The topological polar surface area (TPSA) is 84.2 Å². The van der Waals surface area contributed by atoms with Crippen LogP contribution >= 0.6 is 0 Å². The molecule has 0 bridgehead atoms. The quantitative estimate of drug-likeness (QED) is 0.647. The fourth-order valence-corrected chi connectivity index (χ4v) is 2.31. The van der Waals surface area contributed by atoms with E-state index in [0.717, 1.165) is 25.7 Å². The normalized spacial score (nSPS) is 23.4. The number of carbonyl (C=O) groups excluding carboxylic acids is 2. The van der Waals surface area contributed by atoms with Gasteiger partial charge in [-0.15, -0.1) is 0 Å². The van der Waals surface area contributed by atoms with E-state index in [1.165, 1.54) is 6.42 Å². The Morgan fingerprint density at radius 3 is 2.56 bits per heavy atom. The highest BCUT2D eigenvalue weighted by atomic mass is 16.2. The number of hydrogen-bond donors (Lipinski definition) is 3. The molecule has 5 heteroatoms.